The highest BCUT2D eigenvalue weighted by Crippen LogP contribution is 2.10. The topological polar surface area (TPSA) is 45.5 Å². The van der Waals surface area contributed by atoms with Crippen molar-refractivity contribution in [2.75, 3.05) is 19.6 Å². The average Bonchev–Trinajstić information content (AvgIpc) is 2.83. The van der Waals surface area contributed by atoms with Crippen LogP contribution in [0.25, 0.3) is 0 Å². The van der Waals surface area contributed by atoms with Crippen molar-refractivity contribution in [2.45, 2.75) is 32.2 Å². The first-order valence-corrected chi connectivity index (χ1v) is 6.27. The normalized spacial score (nSPS) is 17.4. The van der Waals surface area contributed by atoms with E-state index < -0.39 is 0 Å². The van der Waals surface area contributed by atoms with Crippen molar-refractivity contribution < 1.29 is 9.21 Å². The lowest BCUT2D eigenvalue weighted by atomic mass is 10.0. The van der Waals surface area contributed by atoms with Crippen molar-refractivity contribution >= 4 is 5.91 Å². The summed E-state index contributed by atoms with van der Waals surface area (Å²) in [5.74, 6) is 1.22. The van der Waals surface area contributed by atoms with Crippen LogP contribution < -0.4 is 5.32 Å². The number of nitrogens with one attached hydrogen (secondary N) is 1. The van der Waals surface area contributed by atoms with Crippen molar-refractivity contribution in [1.29, 1.82) is 0 Å². The second kappa shape index (κ2) is 5.87. The summed E-state index contributed by atoms with van der Waals surface area (Å²) in [6.07, 6.45) is 4.75. The van der Waals surface area contributed by atoms with Crippen molar-refractivity contribution in [3.05, 3.63) is 24.2 Å². The summed E-state index contributed by atoms with van der Waals surface area (Å²) in [6, 6.07) is 4.46. The van der Waals surface area contributed by atoms with Crippen LogP contribution in [0.2, 0.25) is 0 Å². The molecule has 2 heterocycles. The second-order valence-corrected chi connectivity index (χ2v) is 4.56. The summed E-state index contributed by atoms with van der Waals surface area (Å²) in [5.41, 5.74) is 0. The highest BCUT2D eigenvalue weighted by Gasteiger charge is 2.19. The van der Waals surface area contributed by atoms with Crippen LogP contribution in [0.15, 0.2) is 22.8 Å². The molecule has 0 saturated carbocycles. The molecular weight excluding hydrogens is 216 g/mol. The Hall–Kier alpha value is -1.29. The van der Waals surface area contributed by atoms with Gasteiger partial charge in [0.15, 0.2) is 0 Å². The maximum absolute atomic E-state index is 11.2. The van der Waals surface area contributed by atoms with Crippen molar-refractivity contribution in [1.82, 2.24) is 10.2 Å². The van der Waals surface area contributed by atoms with Gasteiger partial charge in [0.05, 0.1) is 6.26 Å². The molecule has 0 unspecified atom stereocenters. The third-order valence-corrected chi connectivity index (χ3v) is 3.32. The summed E-state index contributed by atoms with van der Waals surface area (Å²) >= 11 is 0. The van der Waals surface area contributed by atoms with Crippen LogP contribution >= 0.6 is 0 Å². The first kappa shape index (κ1) is 12.2. The predicted octanol–water partition coefficient (Wildman–Crippen LogP) is 1.42. The van der Waals surface area contributed by atoms with Gasteiger partial charge in [0, 0.05) is 39.0 Å². The molecule has 1 saturated heterocycles. The minimum Gasteiger partial charge on any atom is -0.469 e. The molecular formula is C13H20N2O2. The summed E-state index contributed by atoms with van der Waals surface area (Å²) in [4.78, 5) is 13.1. The van der Waals surface area contributed by atoms with Crippen LogP contribution in [0.1, 0.15) is 25.5 Å². The van der Waals surface area contributed by atoms with Gasteiger partial charge < -0.3 is 14.6 Å². The van der Waals surface area contributed by atoms with E-state index in [1.54, 1.807) is 13.2 Å². The van der Waals surface area contributed by atoms with E-state index in [0.29, 0.717) is 6.04 Å². The Morgan fingerprint density at radius 2 is 2.29 bits per heavy atom. The molecule has 1 N–H and O–H groups in total. The van der Waals surface area contributed by atoms with Crippen molar-refractivity contribution in [2.24, 2.45) is 0 Å². The lowest BCUT2D eigenvalue weighted by Gasteiger charge is -2.31. The lowest BCUT2D eigenvalue weighted by molar-refractivity contribution is -0.129. The predicted molar refractivity (Wildman–Crippen MR) is 65.7 cm³/mol. The zero-order valence-electron chi connectivity index (χ0n) is 10.3. The summed E-state index contributed by atoms with van der Waals surface area (Å²) < 4.78 is 5.28. The number of nitrogens with zero attached hydrogens (tertiary/aromatic N) is 1. The van der Waals surface area contributed by atoms with Crippen LogP contribution in [0.4, 0.5) is 0 Å². The largest absolute Gasteiger partial charge is 0.469 e. The highest BCUT2D eigenvalue weighted by molar-refractivity contribution is 5.73. The standard InChI is InChI=1S/C13H20N2O2/c1-11(16)15-8-5-12(6-9-15)14-7-4-13-3-2-10-17-13/h2-3,10,12,14H,4-9H2,1H3. The molecule has 0 spiro atoms. The molecule has 2 rings (SSSR count). The number of carbonyl (C=O) groups excluding carboxylic acids is 1. The number of rotatable bonds is 4. The van der Waals surface area contributed by atoms with Gasteiger partial charge >= 0.3 is 0 Å². The van der Waals surface area contributed by atoms with Crippen LogP contribution in [0.5, 0.6) is 0 Å². The fraction of sp³-hybridized carbons (Fsp3) is 0.615. The first-order chi connectivity index (χ1) is 8.25. The van der Waals surface area contributed by atoms with Gasteiger partial charge in [-0.15, -0.1) is 0 Å². The Balaban J connectivity index is 1.63. The molecule has 94 valence electrons. The number of amides is 1. The number of piperidine rings is 1. The van der Waals surface area contributed by atoms with Crippen molar-refractivity contribution in [3.8, 4) is 0 Å². The maximum atomic E-state index is 11.2. The molecule has 1 aliphatic rings. The van der Waals surface area contributed by atoms with Crippen molar-refractivity contribution in [3.63, 3.8) is 0 Å². The summed E-state index contributed by atoms with van der Waals surface area (Å²) in [6.45, 7) is 4.35. The molecule has 0 bridgehead atoms. The van der Waals surface area contributed by atoms with Gasteiger partial charge in [-0.2, -0.15) is 0 Å². The number of hydrogen-bond acceptors (Lipinski definition) is 3. The Bertz CT molecular complexity index is 340. The number of furan rings is 1. The first-order valence-electron chi connectivity index (χ1n) is 6.27. The number of likely N-dealkylation sites (tertiary alicyclic amines) is 1. The quantitative estimate of drug-likeness (QED) is 0.860. The average molecular weight is 236 g/mol. The van der Waals surface area contributed by atoms with Gasteiger partial charge in [-0.3, -0.25) is 4.79 Å². The van der Waals surface area contributed by atoms with E-state index in [9.17, 15) is 4.79 Å². The van der Waals surface area contributed by atoms with E-state index >= 15 is 0 Å². The molecule has 17 heavy (non-hydrogen) atoms. The molecule has 4 heteroatoms. The Morgan fingerprint density at radius 1 is 1.53 bits per heavy atom. The molecule has 0 atom stereocenters. The Labute approximate surface area is 102 Å². The molecule has 1 aliphatic heterocycles. The molecule has 0 aromatic carbocycles. The van der Waals surface area contributed by atoms with Gasteiger partial charge in [-0.05, 0) is 25.0 Å². The molecule has 1 aromatic rings. The minimum atomic E-state index is 0.194. The van der Waals surface area contributed by atoms with Gasteiger partial charge in [-0.25, -0.2) is 0 Å². The van der Waals surface area contributed by atoms with E-state index in [0.717, 1.165) is 44.7 Å². The van der Waals surface area contributed by atoms with E-state index in [-0.39, 0.29) is 5.91 Å². The smallest absolute Gasteiger partial charge is 0.219 e. The second-order valence-electron chi connectivity index (χ2n) is 4.56. The highest BCUT2D eigenvalue weighted by atomic mass is 16.3. The van der Waals surface area contributed by atoms with Gasteiger partial charge in [0.1, 0.15) is 5.76 Å². The molecule has 1 amide bonds. The van der Waals surface area contributed by atoms with Crippen LogP contribution in [0.3, 0.4) is 0 Å². The molecule has 4 nitrogen and oxygen atoms in total. The number of hydrogen-bond donors (Lipinski definition) is 1. The fourth-order valence-corrected chi connectivity index (χ4v) is 2.25. The Kier molecular flexibility index (Phi) is 4.20. The monoisotopic (exact) mass is 236 g/mol. The lowest BCUT2D eigenvalue weighted by Crippen LogP contribution is -2.44. The molecule has 1 fully saturated rings. The SMILES string of the molecule is CC(=O)N1CCC(NCCc2ccco2)CC1. The third-order valence-electron chi connectivity index (χ3n) is 3.32. The molecule has 0 aliphatic carbocycles. The van der Waals surface area contributed by atoms with Gasteiger partial charge in [0.2, 0.25) is 5.91 Å². The zero-order valence-corrected chi connectivity index (χ0v) is 10.3. The molecule has 0 radical (unpaired) electrons. The summed E-state index contributed by atoms with van der Waals surface area (Å²) in [7, 11) is 0. The van der Waals surface area contributed by atoms with E-state index in [1.165, 1.54) is 0 Å². The summed E-state index contributed by atoms with van der Waals surface area (Å²) in [5, 5.41) is 3.52. The Morgan fingerprint density at radius 3 is 2.88 bits per heavy atom. The van der Waals surface area contributed by atoms with Gasteiger partial charge in [0.25, 0.3) is 0 Å². The minimum absolute atomic E-state index is 0.194. The fourth-order valence-electron chi connectivity index (χ4n) is 2.25. The third kappa shape index (κ3) is 3.60. The number of carbonyl (C=O) groups is 1. The molecule has 1 aromatic heterocycles. The van der Waals surface area contributed by atoms with Crippen LogP contribution in [-0.2, 0) is 11.2 Å². The van der Waals surface area contributed by atoms with E-state index in [1.807, 2.05) is 17.0 Å². The zero-order chi connectivity index (χ0) is 12.1. The van der Waals surface area contributed by atoms with E-state index in [2.05, 4.69) is 5.32 Å². The van der Waals surface area contributed by atoms with Crippen LogP contribution in [-0.4, -0.2) is 36.5 Å². The maximum Gasteiger partial charge on any atom is 0.219 e. The van der Waals surface area contributed by atoms with E-state index in [4.69, 9.17) is 4.42 Å². The van der Waals surface area contributed by atoms with Gasteiger partial charge in [-0.1, -0.05) is 0 Å². The van der Waals surface area contributed by atoms with Crippen LogP contribution in [0, 0.1) is 0 Å².